The summed E-state index contributed by atoms with van der Waals surface area (Å²) >= 11 is 1.98. The number of halogens is 1. The SMILES string of the molecule is CCNC(=O)C(C)NC(=O)Nc1ccc(I)cc1C(=O)O. The smallest absolute Gasteiger partial charge is 0.337 e. The van der Waals surface area contributed by atoms with E-state index in [2.05, 4.69) is 16.0 Å². The fourth-order valence-electron chi connectivity index (χ4n) is 1.55. The first-order valence-electron chi connectivity index (χ1n) is 6.23. The molecular formula is C13H16IN3O4. The highest BCUT2D eigenvalue weighted by atomic mass is 127. The molecule has 0 aliphatic heterocycles. The first-order valence-corrected chi connectivity index (χ1v) is 7.31. The van der Waals surface area contributed by atoms with Crippen molar-refractivity contribution < 1.29 is 19.5 Å². The van der Waals surface area contributed by atoms with Crippen LogP contribution < -0.4 is 16.0 Å². The molecule has 0 saturated heterocycles. The van der Waals surface area contributed by atoms with Crippen molar-refractivity contribution in [1.82, 2.24) is 10.6 Å². The van der Waals surface area contributed by atoms with E-state index in [1.165, 1.54) is 19.1 Å². The molecule has 0 bridgehead atoms. The van der Waals surface area contributed by atoms with Gasteiger partial charge >= 0.3 is 12.0 Å². The highest BCUT2D eigenvalue weighted by Crippen LogP contribution is 2.18. The van der Waals surface area contributed by atoms with Gasteiger partial charge in [0.15, 0.2) is 0 Å². The van der Waals surface area contributed by atoms with Gasteiger partial charge in [-0.25, -0.2) is 9.59 Å². The zero-order valence-corrected chi connectivity index (χ0v) is 13.7. The van der Waals surface area contributed by atoms with E-state index in [0.29, 0.717) is 6.54 Å². The molecule has 1 rings (SSSR count). The van der Waals surface area contributed by atoms with E-state index in [0.717, 1.165) is 3.57 Å². The summed E-state index contributed by atoms with van der Waals surface area (Å²) < 4.78 is 0.742. The number of carbonyl (C=O) groups is 3. The summed E-state index contributed by atoms with van der Waals surface area (Å²) in [6.07, 6.45) is 0. The minimum absolute atomic E-state index is 0.0114. The Morgan fingerprint density at radius 2 is 2.00 bits per heavy atom. The molecule has 1 aromatic rings. The van der Waals surface area contributed by atoms with Crippen LogP contribution in [0.25, 0.3) is 0 Å². The molecule has 0 aliphatic rings. The van der Waals surface area contributed by atoms with E-state index >= 15 is 0 Å². The van der Waals surface area contributed by atoms with Gasteiger partial charge in [-0.15, -0.1) is 0 Å². The largest absolute Gasteiger partial charge is 0.478 e. The normalized spacial score (nSPS) is 11.4. The van der Waals surface area contributed by atoms with E-state index in [1.807, 2.05) is 22.6 Å². The second-order valence-corrected chi connectivity index (χ2v) is 5.46. The fourth-order valence-corrected chi connectivity index (χ4v) is 2.04. The number of aromatic carboxylic acids is 1. The molecule has 8 heteroatoms. The van der Waals surface area contributed by atoms with Crippen LogP contribution in [0.4, 0.5) is 10.5 Å². The topological polar surface area (TPSA) is 108 Å². The van der Waals surface area contributed by atoms with Crippen LogP contribution in [0.5, 0.6) is 0 Å². The summed E-state index contributed by atoms with van der Waals surface area (Å²) in [7, 11) is 0. The maximum atomic E-state index is 11.8. The molecule has 0 fully saturated rings. The maximum Gasteiger partial charge on any atom is 0.337 e. The lowest BCUT2D eigenvalue weighted by molar-refractivity contribution is -0.122. The third kappa shape index (κ3) is 5.21. The average Bonchev–Trinajstić information content (AvgIpc) is 2.40. The van der Waals surface area contributed by atoms with Gasteiger partial charge < -0.3 is 21.1 Å². The van der Waals surface area contributed by atoms with Gasteiger partial charge in [0.05, 0.1) is 11.3 Å². The van der Waals surface area contributed by atoms with E-state index in [-0.39, 0.29) is 17.2 Å². The molecule has 0 aromatic heterocycles. The molecule has 0 radical (unpaired) electrons. The maximum absolute atomic E-state index is 11.8. The number of carboxylic acid groups (broad SMARTS) is 1. The minimum Gasteiger partial charge on any atom is -0.478 e. The Morgan fingerprint density at radius 1 is 1.33 bits per heavy atom. The number of rotatable bonds is 5. The van der Waals surface area contributed by atoms with Crippen molar-refractivity contribution >= 4 is 46.2 Å². The summed E-state index contributed by atoms with van der Waals surface area (Å²) in [5, 5.41) is 16.5. The molecule has 4 N–H and O–H groups in total. The van der Waals surface area contributed by atoms with Crippen LogP contribution in [-0.2, 0) is 4.79 Å². The lowest BCUT2D eigenvalue weighted by Gasteiger charge is -2.15. The lowest BCUT2D eigenvalue weighted by atomic mass is 10.2. The van der Waals surface area contributed by atoms with Crippen LogP contribution in [-0.4, -0.2) is 35.6 Å². The van der Waals surface area contributed by atoms with Crippen molar-refractivity contribution in [2.75, 3.05) is 11.9 Å². The number of nitrogens with one attached hydrogen (secondary N) is 3. The van der Waals surface area contributed by atoms with Gasteiger partial charge in [-0.1, -0.05) is 0 Å². The summed E-state index contributed by atoms with van der Waals surface area (Å²) in [4.78, 5) is 34.4. The molecular weight excluding hydrogens is 389 g/mol. The molecule has 0 saturated carbocycles. The average molecular weight is 405 g/mol. The summed E-state index contributed by atoms with van der Waals surface area (Å²) in [6.45, 7) is 3.78. The van der Waals surface area contributed by atoms with E-state index < -0.39 is 18.0 Å². The van der Waals surface area contributed by atoms with Gasteiger partial charge in [-0.2, -0.15) is 0 Å². The van der Waals surface area contributed by atoms with Gasteiger partial charge in [0, 0.05) is 10.1 Å². The number of carboxylic acids is 1. The van der Waals surface area contributed by atoms with Crippen molar-refractivity contribution in [3.05, 3.63) is 27.3 Å². The van der Waals surface area contributed by atoms with Crippen LogP contribution in [0.15, 0.2) is 18.2 Å². The van der Waals surface area contributed by atoms with Gasteiger partial charge in [-0.3, -0.25) is 4.79 Å². The molecule has 21 heavy (non-hydrogen) atoms. The first-order chi connectivity index (χ1) is 9.85. The second-order valence-electron chi connectivity index (χ2n) is 4.21. The quantitative estimate of drug-likeness (QED) is 0.559. The zero-order chi connectivity index (χ0) is 16.0. The number of anilines is 1. The third-order valence-corrected chi connectivity index (χ3v) is 3.22. The molecule has 1 atom stereocenters. The predicted octanol–water partition coefficient (Wildman–Crippen LogP) is 1.64. The van der Waals surface area contributed by atoms with Crippen molar-refractivity contribution in [3.8, 4) is 0 Å². The van der Waals surface area contributed by atoms with E-state index in [4.69, 9.17) is 5.11 Å². The summed E-state index contributed by atoms with van der Waals surface area (Å²) in [5.41, 5.74) is 0.159. The Labute approximate surface area is 135 Å². The number of carbonyl (C=O) groups excluding carboxylic acids is 2. The third-order valence-electron chi connectivity index (χ3n) is 2.55. The number of urea groups is 1. The van der Waals surface area contributed by atoms with E-state index in [9.17, 15) is 14.4 Å². The number of benzene rings is 1. The van der Waals surface area contributed by atoms with Crippen molar-refractivity contribution in [2.24, 2.45) is 0 Å². The van der Waals surface area contributed by atoms with Crippen LogP contribution in [0.3, 0.4) is 0 Å². The highest BCUT2D eigenvalue weighted by Gasteiger charge is 2.17. The standard InChI is InChI=1S/C13H16IN3O4/c1-3-15-11(18)7(2)16-13(21)17-10-5-4-8(14)6-9(10)12(19)20/h4-7H,3H2,1-2H3,(H,15,18)(H,19,20)(H2,16,17,21). The van der Waals surface area contributed by atoms with Crippen LogP contribution in [0.1, 0.15) is 24.2 Å². The van der Waals surface area contributed by atoms with Crippen molar-refractivity contribution in [2.45, 2.75) is 19.9 Å². The number of likely N-dealkylation sites (N-methyl/N-ethyl adjacent to an activating group) is 1. The van der Waals surface area contributed by atoms with Crippen molar-refractivity contribution in [1.29, 1.82) is 0 Å². The number of amides is 3. The molecule has 7 nitrogen and oxygen atoms in total. The Morgan fingerprint density at radius 3 is 2.57 bits per heavy atom. The van der Waals surface area contributed by atoms with Crippen molar-refractivity contribution in [3.63, 3.8) is 0 Å². The summed E-state index contributed by atoms with van der Waals surface area (Å²) in [5.74, 6) is -1.45. The van der Waals surface area contributed by atoms with Gasteiger partial charge in [0.2, 0.25) is 5.91 Å². The van der Waals surface area contributed by atoms with Crippen LogP contribution in [0.2, 0.25) is 0 Å². The Kier molecular flexibility index (Phi) is 6.40. The Bertz CT molecular complexity index is 562. The van der Waals surface area contributed by atoms with Gasteiger partial charge in [0.25, 0.3) is 0 Å². The molecule has 0 spiro atoms. The number of hydrogen-bond acceptors (Lipinski definition) is 3. The second kappa shape index (κ2) is 7.81. The summed E-state index contributed by atoms with van der Waals surface area (Å²) in [6, 6.07) is 3.27. The first kappa shape index (κ1) is 17.2. The van der Waals surface area contributed by atoms with Crippen LogP contribution in [0, 0.1) is 3.57 Å². The molecule has 0 aliphatic carbocycles. The number of hydrogen-bond donors (Lipinski definition) is 4. The molecule has 114 valence electrons. The monoisotopic (exact) mass is 405 g/mol. The zero-order valence-electron chi connectivity index (χ0n) is 11.6. The van der Waals surface area contributed by atoms with Gasteiger partial charge in [0.1, 0.15) is 6.04 Å². The minimum atomic E-state index is -1.14. The highest BCUT2D eigenvalue weighted by molar-refractivity contribution is 14.1. The fraction of sp³-hybridized carbons (Fsp3) is 0.308. The molecule has 1 unspecified atom stereocenters. The molecule has 3 amide bonds. The van der Waals surface area contributed by atoms with Crippen LogP contribution >= 0.6 is 22.6 Å². The Balaban J connectivity index is 2.75. The van der Waals surface area contributed by atoms with E-state index in [1.54, 1.807) is 13.0 Å². The lowest BCUT2D eigenvalue weighted by Crippen LogP contribution is -2.46. The molecule has 1 aromatic carbocycles. The van der Waals surface area contributed by atoms with Gasteiger partial charge in [-0.05, 0) is 54.6 Å². The molecule has 0 heterocycles. The predicted molar refractivity (Wildman–Crippen MR) is 86.4 cm³/mol. The Hall–Kier alpha value is -1.84.